The number of aliphatic carboxylic acids is 1. The largest absolute Gasteiger partial charge is 0.478 e. The molecule has 0 saturated carbocycles. The summed E-state index contributed by atoms with van der Waals surface area (Å²) in [5.74, 6) is 1.55. The molecule has 0 radical (unpaired) electrons. The Morgan fingerprint density at radius 1 is 1.28 bits per heavy atom. The van der Waals surface area contributed by atoms with Crippen molar-refractivity contribution in [3.63, 3.8) is 0 Å². The summed E-state index contributed by atoms with van der Waals surface area (Å²) in [6.45, 7) is 6.62. The zero-order valence-electron chi connectivity index (χ0n) is 11.2. The lowest BCUT2D eigenvalue weighted by Crippen LogP contribution is -2.32. The zero-order valence-corrected chi connectivity index (χ0v) is 12.8. The van der Waals surface area contributed by atoms with Crippen LogP contribution in [0.4, 0.5) is 0 Å². The average molecular weight is 284 g/mol. The molecule has 0 bridgehead atoms. The van der Waals surface area contributed by atoms with Crippen molar-refractivity contribution in [2.45, 2.75) is 37.7 Å². The summed E-state index contributed by atoms with van der Waals surface area (Å²) in [6.07, 6.45) is 5.43. The molecule has 1 aliphatic carbocycles. The van der Waals surface area contributed by atoms with Gasteiger partial charge in [-0.05, 0) is 36.3 Å². The fourth-order valence-electron chi connectivity index (χ4n) is 2.83. The average Bonchev–Trinajstić information content (AvgIpc) is 2.74. The van der Waals surface area contributed by atoms with Crippen LogP contribution >= 0.6 is 23.5 Å². The number of allylic oxidation sites excluding steroid dienone is 2. The van der Waals surface area contributed by atoms with Gasteiger partial charge in [-0.25, -0.2) is 4.79 Å². The molecule has 1 fully saturated rings. The van der Waals surface area contributed by atoms with Crippen LogP contribution in [0.3, 0.4) is 0 Å². The number of carboxylic acid groups (broad SMARTS) is 1. The van der Waals surface area contributed by atoms with Gasteiger partial charge in [-0.2, -0.15) is 0 Å². The van der Waals surface area contributed by atoms with Crippen molar-refractivity contribution in [3.8, 4) is 0 Å². The van der Waals surface area contributed by atoms with Crippen molar-refractivity contribution < 1.29 is 9.90 Å². The van der Waals surface area contributed by atoms with Gasteiger partial charge in [0.05, 0.1) is 4.08 Å². The molecule has 2 rings (SSSR count). The molecule has 1 heterocycles. The SMILES string of the molecule is CC1=C(/C=C/C(=O)O)C(C)(C)CCC12SCCS2. The first-order valence-electron chi connectivity index (χ1n) is 6.28. The van der Waals surface area contributed by atoms with E-state index in [0.29, 0.717) is 0 Å². The molecule has 0 aromatic heterocycles. The number of thioether (sulfide) groups is 2. The van der Waals surface area contributed by atoms with Crippen molar-refractivity contribution in [3.05, 3.63) is 23.3 Å². The maximum absolute atomic E-state index is 10.8. The van der Waals surface area contributed by atoms with E-state index in [9.17, 15) is 4.79 Å². The van der Waals surface area contributed by atoms with Gasteiger partial charge in [0.1, 0.15) is 0 Å². The van der Waals surface area contributed by atoms with E-state index in [0.717, 1.165) is 6.42 Å². The van der Waals surface area contributed by atoms with Crippen LogP contribution in [0.5, 0.6) is 0 Å². The monoisotopic (exact) mass is 284 g/mol. The van der Waals surface area contributed by atoms with E-state index in [2.05, 4.69) is 20.8 Å². The van der Waals surface area contributed by atoms with Crippen molar-refractivity contribution >= 4 is 29.5 Å². The third-order valence-electron chi connectivity index (χ3n) is 3.93. The van der Waals surface area contributed by atoms with Crippen LogP contribution in [0.15, 0.2) is 23.3 Å². The highest BCUT2D eigenvalue weighted by Crippen LogP contribution is 2.58. The molecule has 1 N–H and O–H groups in total. The summed E-state index contributed by atoms with van der Waals surface area (Å²) in [5.41, 5.74) is 2.69. The van der Waals surface area contributed by atoms with Gasteiger partial charge in [-0.3, -0.25) is 0 Å². The van der Waals surface area contributed by atoms with Gasteiger partial charge in [0.2, 0.25) is 0 Å². The third kappa shape index (κ3) is 2.50. The number of rotatable bonds is 2. The van der Waals surface area contributed by atoms with Gasteiger partial charge in [0.15, 0.2) is 0 Å². The zero-order chi connectivity index (χ0) is 13.4. The summed E-state index contributed by atoms with van der Waals surface area (Å²) in [7, 11) is 0. The molecule has 0 unspecified atom stereocenters. The fraction of sp³-hybridized carbons (Fsp3) is 0.643. The van der Waals surface area contributed by atoms with E-state index >= 15 is 0 Å². The summed E-state index contributed by atoms with van der Waals surface area (Å²) >= 11 is 4.07. The van der Waals surface area contributed by atoms with Crippen molar-refractivity contribution in [2.75, 3.05) is 11.5 Å². The summed E-state index contributed by atoms with van der Waals surface area (Å²) in [5, 5.41) is 8.84. The Bertz CT molecular complexity index is 416. The molecule has 2 nitrogen and oxygen atoms in total. The van der Waals surface area contributed by atoms with E-state index in [1.54, 1.807) is 0 Å². The quantitative estimate of drug-likeness (QED) is 0.779. The number of hydrogen-bond acceptors (Lipinski definition) is 3. The maximum Gasteiger partial charge on any atom is 0.328 e. The molecule has 18 heavy (non-hydrogen) atoms. The van der Waals surface area contributed by atoms with Crippen LogP contribution < -0.4 is 0 Å². The van der Waals surface area contributed by atoms with Crippen molar-refractivity contribution in [2.24, 2.45) is 5.41 Å². The second kappa shape index (κ2) is 4.97. The highest BCUT2D eigenvalue weighted by atomic mass is 32.2. The number of carboxylic acids is 1. The molecule has 0 aromatic carbocycles. The first-order chi connectivity index (χ1) is 8.37. The Kier molecular flexibility index (Phi) is 3.88. The van der Waals surface area contributed by atoms with Crippen LogP contribution in [-0.4, -0.2) is 26.7 Å². The van der Waals surface area contributed by atoms with Gasteiger partial charge in [-0.1, -0.05) is 19.9 Å². The number of carbonyl (C=O) groups is 1. The second-order valence-corrected chi connectivity index (χ2v) is 8.59. The Morgan fingerprint density at radius 2 is 1.89 bits per heavy atom. The smallest absolute Gasteiger partial charge is 0.328 e. The van der Waals surface area contributed by atoms with Gasteiger partial charge in [0.25, 0.3) is 0 Å². The normalized spacial score (nSPS) is 26.2. The summed E-state index contributed by atoms with van der Waals surface area (Å²) in [6, 6.07) is 0. The lowest BCUT2D eigenvalue weighted by atomic mass is 9.72. The van der Waals surface area contributed by atoms with Gasteiger partial charge < -0.3 is 5.11 Å². The second-order valence-electron chi connectivity index (χ2n) is 5.54. The minimum atomic E-state index is -0.863. The fourth-order valence-corrected chi connectivity index (χ4v) is 6.14. The van der Waals surface area contributed by atoms with E-state index in [1.807, 2.05) is 29.6 Å². The molecular weight excluding hydrogens is 264 g/mol. The molecule has 1 saturated heterocycles. The highest BCUT2D eigenvalue weighted by molar-refractivity contribution is 8.21. The van der Waals surface area contributed by atoms with Crippen molar-refractivity contribution in [1.29, 1.82) is 0 Å². The predicted octanol–water partition coefficient (Wildman–Crippen LogP) is 3.94. The predicted molar refractivity (Wildman–Crippen MR) is 80.1 cm³/mol. The summed E-state index contributed by atoms with van der Waals surface area (Å²) in [4.78, 5) is 10.8. The molecule has 0 aromatic rings. The van der Waals surface area contributed by atoms with Crippen LogP contribution in [0.2, 0.25) is 0 Å². The van der Waals surface area contributed by atoms with E-state index < -0.39 is 5.97 Å². The summed E-state index contributed by atoms with van der Waals surface area (Å²) < 4.78 is 0.216. The molecule has 0 atom stereocenters. The topological polar surface area (TPSA) is 37.3 Å². The maximum atomic E-state index is 10.8. The standard InChI is InChI=1S/C14H20O2S2/c1-10-11(4-5-12(15)16)13(2,3)6-7-14(10)17-8-9-18-14/h4-5H,6-9H2,1-3H3,(H,15,16)/b5-4+. The lowest BCUT2D eigenvalue weighted by Gasteiger charge is -2.42. The minimum absolute atomic E-state index is 0.0883. The van der Waals surface area contributed by atoms with Crippen LogP contribution in [0, 0.1) is 5.41 Å². The van der Waals surface area contributed by atoms with Crippen LogP contribution in [0.1, 0.15) is 33.6 Å². The van der Waals surface area contributed by atoms with Gasteiger partial charge >= 0.3 is 5.97 Å². The van der Waals surface area contributed by atoms with Gasteiger partial charge in [-0.15, -0.1) is 23.5 Å². The van der Waals surface area contributed by atoms with E-state index in [-0.39, 0.29) is 9.49 Å². The number of hydrogen-bond donors (Lipinski definition) is 1. The van der Waals surface area contributed by atoms with E-state index in [1.165, 1.54) is 35.1 Å². The lowest BCUT2D eigenvalue weighted by molar-refractivity contribution is -0.131. The Balaban J connectivity index is 2.42. The minimum Gasteiger partial charge on any atom is -0.478 e. The molecule has 2 aliphatic rings. The molecule has 4 heteroatoms. The Labute approximate surface area is 117 Å². The molecular formula is C14H20O2S2. The Hall–Kier alpha value is -0.350. The van der Waals surface area contributed by atoms with E-state index in [4.69, 9.17) is 5.11 Å². The molecule has 1 aliphatic heterocycles. The van der Waals surface area contributed by atoms with Crippen molar-refractivity contribution in [1.82, 2.24) is 0 Å². The Morgan fingerprint density at radius 3 is 2.44 bits per heavy atom. The van der Waals surface area contributed by atoms with Crippen LogP contribution in [-0.2, 0) is 4.79 Å². The first kappa shape index (κ1) is 14.1. The molecule has 1 spiro atoms. The van der Waals surface area contributed by atoms with Gasteiger partial charge in [0, 0.05) is 17.6 Å². The third-order valence-corrected chi connectivity index (χ3v) is 7.67. The van der Waals surface area contributed by atoms with Crippen LogP contribution in [0.25, 0.3) is 0 Å². The first-order valence-corrected chi connectivity index (χ1v) is 8.25. The molecule has 0 amide bonds. The highest BCUT2D eigenvalue weighted by Gasteiger charge is 2.44. The molecule has 100 valence electrons.